The molecule has 0 heterocycles. The molecule has 0 spiro atoms. The van der Waals surface area contributed by atoms with Crippen LogP contribution in [0.2, 0.25) is 19.6 Å². The van der Waals surface area contributed by atoms with E-state index in [9.17, 15) is 9.67 Å². The molecule has 0 aliphatic carbocycles. The van der Waals surface area contributed by atoms with E-state index in [2.05, 4.69) is 19.6 Å². The molecule has 126 valence electrons. The summed E-state index contributed by atoms with van der Waals surface area (Å²) in [5.41, 5.74) is 0. The first-order valence-electron chi connectivity index (χ1n) is 7.92. The Balaban J connectivity index is 5.61. The summed E-state index contributed by atoms with van der Waals surface area (Å²) in [6.45, 7) is 14.7. The molecule has 0 bridgehead atoms. The van der Waals surface area contributed by atoms with Crippen LogP contribution in [0.4, 0.5) is 0 Å². The summed E-state index contributed by atoms with van der Waals surface area (Å²) in [5.74, 6) is -0.0547. The minimum Gasteiger partial charge on any atom is -0.393 e. The molecule has 2 unspecified atom stereocenters. The SMILES string of the molecule is CCCC(O)C(C)/C=C(/[Si](C)(C)C)P(=O)(OCC)OCC. The van der Waals surface area contributed by atoms with E-state index in [4.69, 9.17) is 9.05 Å². The molecule has 4 nitrogen and oxygen atoms in total. The molecule has 6 heteroatoms. The lowest BCUT2D eigenvalue weighted by Crippen LogP contribution is -2.27. The van der Waals surface area contributed by atoms with Crippen LogP contribution >= 0.6 is 7.60 Å². The van der Waals surface area contributed by atoms with Gasteiger partial charge in [0, 0.05) is 10.9 Å². The van der Waals surface area contributed by atoms with Crippen LogP contribution in [0.1, 0.15) is 40.5 Å². The highest BCUT2D eigenvalue weighted by Crippen LogP contribution is 2.59. The van der Waals surface area contributed by atoms with E-state index in [1.165, 1.54) is 0 Å². The van der Waals surface area contributed by atoms with Crippen molar-refractivity contribution in [3.63, 3.8) is 0 Å². The molecule has 0 aliphatic rings. The van der Waals surface area contributed by atoms with Crippen LogP contribution in [0.5, 0.6) is 0 Å². The van der Waals surface area contributed by atoms with E-state index in [1.54, 1.807) is 0 Å². The van der Waals surface area contributed by atoms with Gasteiger partial charge in [-0.15, -0.1) is 0 Å². The van der Waals surface area contributed by atoms with Gasteiger partial charge in [0.25, 0.3) is 0 Å². The fourth-order valence-corrected chi connectivity index (χ4v) is 8.07. The molecular formula is C15H33O4PSi. The first-order chi connectivity index (χ1) is 9.62. The van der Waals surface area contributed by atoms with E-state index in [0.29, 0.717) is 13.2 Å². The molecule has 0 aliphatic heterocycles. The van der Waals surface area contributed by atoms with Gasteiger partial charge in [0.15, 0.2) is 0 Å². The Morgan fingerprint density at radius 3 is 2.00 bits per heavy atom. The highest BCUT2D eigenvalue weighted by atomic mass is 31.2. The third-order valence-corrected chi connectivity index (χ3v) is 9.75. The predicted molar refractivity (Wildman–Crippen MR) is 92.4 cm³/mol. The van der Waals surface area contributed by atoms with Gasteiger partial charge in [-0.25, -0.2) is 0 Å². The summed E-state index contributed by atoms with van der Waals surface area (Å²) >= 11 is 0. The molecule has 0 fully saturated rings. The van der Waals surface area contributed by atoms with Crippen LogP contribution < -0.4 is 0 Å². The van der Waals surface area contributed by atoms with Crippen molar-refractivity contribution in [1.82, 2.24) is 0 Å². The quantitative estimate of drug-likeness (QED) is 0.459. The van der Waals surface area contributed by atoms with E-state index in [1.807, 2.05) is 33.8 Å². The lowest BCUT2D eigenvalue weighted by molar-refractivity contribution is 0.127. The second-order valence-corrected chi connectivity index (χ2v) is 13.8. The molecule has 2 atom stereocenters. The van der Waals surface area contributed by atoms with Crippen molar-refractivity contribution in [3.05, 3.63) is 11.0 Å². The number of aliphatic hydroxyl groups is 1. The Hall–Kier alpha value is 0.0669. The third-order valence-electron chi connectivity index (χ3n) is 3.27. The maximum atomic E-state index is 13.1. The van der Waals surface area contributed by atoms with Crippen LogP contribution in [0.25, 0.3) is 0 Å². The fraction of sp³-hybridized carbons (Fsp3) is 0.867. The minimum absolute atomic E-state index is 0.0547. The van der Waals surface area contributed by atoms with Crippen molar-refractivity contribution in [2.45, 2.75) is 66.3 Å². The fourth-order valence-electron chi connectivity index (χ4n) is 2.19. The predicted octanol–water partition coefficient (Wildman–Crippen LogP) is 4.81. The second kappa shape index (κ2) is 9.26. The van der Waals surface area contributed by atoms with Crippen molar-refractivity contribution in [2.75, 3.05) is 13.2 Å². The summed E-state index contributed by atoms with van der Waals surface area (Å²) in [6, 6.07) is 0. The van der Waals surface area contributed by atoms with Crippen LogP contribution in [-0.2, 0) is 13.6 Å². The molecule has 0 aromatic heterocycles. The number of hydrogen-bond donors (Lipinski definition) is 1. The van der Waals surface area contributed by atoms with Gasteiger partial charge in [-0.3, -0.25) is 4.57 Å². The van der Waals surface area contributed by atoms with Crippen molar-refractivity contribution >= 4 is 15.7 Å². The summed E-state index contributed by atoms with van der Waals surface area (Å²) in [7, 11) is -5.14. The Morgan fingerprint density at radius 1 is 1.19 bits per heavy atom. The highest BCUT2D eigenvalue weighted by Gasteiger charge is 2.38. The molecule has 0 aromatic rings. The molecule has 0 saturated heterocycles. The average molecular weight is 336 g/mol. The zero-order valence-electron chi connectivity index (χ0n) is 14.7. The standard InChI is InChI=1S/C15H33O4PSi/c1-8-11-14(16)13(4)12-15(21(5,6)7)20(17,18-9-2)19-10-3/h12-14,16H,8-11H2,1-7H3/b15-12+. The number of hydrogen-bond acceptors (Lipinski definition) is 4. The van der Waals surface area contributed by atoms with Crippen LogP contribution in [0.3, 0.4) is 0 Å². The molecule has 0 radical (unpaired) electrons. The summed E-state index contributed by atoms with van der Waals surface area (Å²) in [4.78, 5) is 0.793. The summed E-state index contributed by atoms with van der Waals surface area (Å²) in [5, 5.41) is 10.2. The maximum Gasteiger partial charge on any atom is 0.353 e. The maximum absolute atomic E-state index is 13.1. The van der Waals surface area contributed by atoms with Crippen molar-refractivity contribution in [3.8, 4) is 0 Å². The summed E-state index contributed by atoms with van der Waals surface area (Å²) < 4.78 is 24.2. The zero-order chi connectivity index (χ0) is 16.7. The molecule has 0 amide bonds. The van der Waals surface area contributed by atoms with E-state index >= 15 is 0 Å². The van der Waals surface area contributed by atoms with Gasteiger partial charge in [-0.1, -0.05) is 46.0 Å². The molecule has 0 rings (SSSR count). The van der Waals surface area contributed by atoms with Gasteiger partial charge in [0.2, 0.25) is 0 Å². The van der Waals surface area contributed by atoms with E-state index < -0.39 is 21.8 Å². The van der Waals surface area contributed by atoms with Gasteiger partial charge in [-0.2, -0.15) is 0 Å². The van der Waals surface area contributed by atoms with Crippen LogP contribution in [-0.4, -0.2) is 32.5 Å². The second-order valence-electron chi connectivity index (χ2n) is 6.35. The van der Waals surface area contributed by atoms with Gasteiger partial charge in [-0.05, 0) is 20.3 Å². The summed E-state index contributed by atoms with van der Waals surface area (Å²) in [6.07, 6.45) is 3.19. The van der Waals surface area contributed by atoms with Gasteiger partial charge >= 0.3 is 7.60 Å². The van der Waals surface area contributed by atoms with E-state index in [-0.39, 0.29) is 5.92 Å². The molecule has 21 heavy (non-hydrogen) atoms. The molecule has 1 N–H and O–H groups in total. The van der Waals surface area contributed by atoms with Crippen molar-refractivity contribution in [2.24, 2.45) is 5.92 Å². The van der Waals surface area contributed by atoms with Crippen molar-refractivity contribution in [1.29, 1.82) is 0 Å². The normalized spacial score (nSPS) is 16.9. The van der Waals surface area contributed by atoms with Crippen molar-refractivity contribution < 1.29 is 18.7 Å². The zero-order valence-corrected chi connectivity index (χ0v) is 16.6. The smallest absolute Gasteiger partial charge is 0.353 e. The molecule has 0 saturated carbocycles. The van der Waals surface area contributed by atoms with Gasteiger partial charge in [0.05, 0.1) is 27.4 Å². The largest absolute Gasteiger partial charge is 0.393 e. The minimum atomic E-state index is -3.25. The monoisotopic (exact) mass is 336 g/mol. The topological polar surface area (TPSA) is 55.8 Å². The lowest BCUT2D eigenvalue weighted by Gasteiger charge is -2.29. The van der Waals surface area contributed by atoms with Crippen LogP contribution in [0.15, 0.2) is 11.0 Å². The van der Waals surface area contributed by atoms with Gasteiger partial charge in [0.1, 0.15) is 0 Å². The van der Waals surface area contributed by atoms with Crippen LogP contribution in [0, 0.1) is 5.92 Å². The highest BCUT2D eigenvalue weighted by molar-refractivity contribution is 7.62. The molecule has 0 aromatic carbocycles. The Morgan fingerprint density at radius 2 is 1.67 bits per heavy atom. The third kappa shape index (κ3) is 6.79. The average Bonchev–Trinajstić information content (AvgIpc) is 2.34. The van der Waals surface area contributed by atoms with Gasteiger partial charge < -0.3 is 14.2 Å². The number of rotatable bonds is 10. The number of aliphatic hydroxyl groups excluding tert-OH is 1. The first-order valence-corrected chi connectivity index (χ1v) is 13.0. The Labute approximate surface area is 131 Å². The molecular weight excluding hydrogens is 303 g/mol. The van der Waals surface area contributed by atoms with E-state index in [0.717, 1.165) is 17.8 Å². The Bertz CT molecular complexity index is 366. The first kappa shape index (κ1) is 21.1. The Kier molecular flexibility index (Phi) is 9.29. The lowest BCUT2D eigenvalue weighted by atomic mass is 10.0.